The first-order valence-electron chi connectivity index (χ1n) is 5.24. The minimum absolute atomic E-state index is 0.0704. The van der Waals surface area contributed by atoms with Gasteiger partial charge in [0.25, 0.3) is 5.91 Å². The van der Waals surface area contributed by atoms with Crippen LogP contribution in [-0.4, -0.2) is 22.1 Å². The first-order valence-corrected chi connectivity index (χ1v) is 6.03. The van der Waals surface area contributed by atoms with Gasteiger partial charge < -0.3 is 14.9 Å². The molecule has 0 spiro atoms. The van der Waals surface area contributed by atoms with E-state index in [1.165, 1.54) is 18.2 Å². The molecule has 6 nitrogen and oxygen atoms in total. The number of carboxylic acids is 1. The van der Waals surface area contributed by atoms with E-state index in [9.17, 15) is 9.59 Å². The predicted octanol–water partition coefficient (Wildman–Crippen LogP) is 2.70. The average molecular weight is 325 g/mol. The topological polar surface area (TPSA) is 92.4 Å². The first-order chi connectivity index (χ1) is 8.95. The smallest absolute Gasteiger partial charge is 0.335 e. The van der Waals surface area contributed by atoms with Crippen LogP contribution in [0, 0.1) is 6.92 Å². The maximum absolute atomic E-state index is 11.8. The molecule has 1 aromatic carbocycles. The number of carboxylic acid groups (broad SMARTS) is 1. The van der Waals surface area contributed by atoms with E-state index in [-0.39, 0.29) is 11.3 Å². The van der Waals surface area contributed by atoms with E-state index in [1.54, 1.807) is 13.0 Å². The van der Waals surface area contributed by atoms with Crippen LogP contribution in [0.4, 0.5) is 5.69 Å². The fourth-order valence-electron chi connectivity index (χ4n) is 1.45. The van der Waals surface area contributed by atoms with Gasteiger partial charge in [-0.2, -0.15) is 0 Å². The summed E-state index contributed by atoms with van der Waals surface area (Å²) in [6, 6.07) is 5.89. The van der Waals surface area contributed by atoms with Crippen LogP contribution < -0.4 is 5.32 Å². The number of nitrogens with one attached hydrogen (secondary N) is 1. The van der Waals surface area contributed by atoms with E-state index >= 15 is 0 Å². The summed E-state index contributed by atoms with van der Waals surface area (Å²) in [7, 11) is 0. The molecule has 0 aliphatic carbocycles. The van der Waals surface area contributed by atoms with Gasteiger partial charge in [0.05, 0.1) is 5.56 Å². The number of carbonyl (C=O) groups excluding carboxylic acids is 1. The normalized spacial score (nSPS) is 10.2. The molecule has 98 valence electrons. The van der Waals surface area contributed by atoms with Crippen LogP contribution in [0.15, 0.2) is 33.3 Å². The summed E-state index contributed by atoms with van der Waals surface area (Å²) in [5.41, 5.74) is 0.563. The lowest BCUT2D eigenvalue weighted by Crippen LogP contribution is -2.12. The molecule has 2 rings (SSSR count). The minimum Gasteiger partial charge on any atom is -0.478 e. The fraction of sp³-hybridized carbons (Fsp3) is 0.0833. The van der Waals surface area contributed by atoms with Crippen LogP contribution >= 0.6 is 15.9 Å². The molecule has 0 fully saturated rings. The molecular weight excluding hydrogens is 316 g/mol. The van der Waals surface area contributed by atoms with E-state index in [0.717, 1.165) is 0 Å². The molecule has 0 radical (unpaired) electrons. The quantitative estimate of drug-likeness (QED) is 0.905. The number of amides is 1. The molecule has 1 heterocycles. The summed E-state index contributed by atoms with van der Waals surface area (Å²) in [5.74, 6) is -1.02. The molecule has 1 aromatic heterocycles. The van der Waals surface area contributed by atoms with Crippen molar-refractivity contribution in [1.82, 2.24) is 5.16 Å². The van der Waals surface area contributed by atoms with Gasteiger partial charge in [-0.05, 0) is 25.1 Å². The number of hydrogen-bond donors (Lipinski definition) is 2. The Labute approximate surface area is 116 Å². The Morgan fingerprint density at radius 3 is 2.63 bits per heavy atom. The monoisotopic (exact) mass is 324 g/mol. The molecule has 7 heteroatoms. The lowest BCUT2D eigenvalue weighted by molar-refractivity contribution is 0.0696. The fourth-order valence-corrected chi connectivity index (χ4v) is 1.95. The SMILES string of the molecule is Cc1cc(C(=O)Nc2cc(Br)cc(C(=O)O)c2)no1. The van der Waals surface area contributed by atoms with Crippen LogP contribution in [0.5, 0.6) is 0 Å². The average Bonchev–Trinajstić information content (AvgIpc) is 2.75. The third kappa shape index (κ3) is 3.19. The highest BCUT2D eigenvalue weighted by atomic mass is 79.9. The van der Waals surface area contributed by atoms with E-state index in [1.807, 2.05) is 0 Å². The Bertz CT molecular complexity index is 651. The summed E-state index contributed by atoms with van der Waals surface area (Å²) >= 11 is 3.18. The number of carbonyl (C=O) groups is 2. The largest absolute Gasteiger partial charge is 0.478 e. The Morgan fingerprint density at radius 1 is 1.32 bits per heavy atom. The number of aromatic carboxylic acids is 1. The molecule has 0 aliphatic rings. The number of anilines is 1. The minimum atomic E-state index is -1.07. The Kier molecular flexibility index (Phi) is 3.66. The lowest BCUT2D eigenvalue weighted by Gasteiger charge is -2.05. The number of hydrogen-bond acceptors (Lipinski definition) is 4. The predicted molar refractivity (Wildman–Crippen MR) is 70.3 cm³/mol. The number of aryl methyl sites for hydroxylation is 1. The summed E-state index contributed by atoms with van der Waals surface area (Å²) in [6.45, 7) is 1.67. The van der Waals surface area contributed by atoms with Crippen molar-refractivity contribution in [2.75, 3.05) is 5.32 Å². The Balaban J connectivity index is 2.23. The van der Waals surface area contributed by atoms with Gasteiger partial charge in [-0.25, -0.2) is 4.79 Å². The number of halogens is 1. The van der Waals surface area contributed by atoms with E-state index in [0.29, 0.717) is 15.9 Å². The van der Waals surface area contributed by atoms with Gasteiger partial charge in [0, 0.05) is 16.2 Å². The van der Waals surface area contributed by atoms with Crippen molar-refractivity contribution < 1.29 is 19.2 Å². The van der Waals surface area contributed by atoms with Crippen molar-refractivity contribution in [3.63, 3.8) is 0 Å². The summed E-state index contributed by atoms with van der Waals surface area (Å²) in [5, 5.41) is 15.1. The molecule has 0 saturated carbocycles. The number of aromatic nitrogens is 1. The summed E-state index contributed by atoms with van der Waals surface area (Å²) < 4.78 is 5.35. The molecule has 0 aliphatic heterocycles. The van der Waals surface area contributed by atoms with Crippen molar-refractivity contribution in [2.45, 2.75) is 6.92 Å². The Morgan fingerprint density at radius 2 is 2.05 bits per heavy atom. The molecule has 0 saturated heterocycles. The second-order valence-electron chi connectivity index (χ2n) is 3.81. The third-order valence-corrected chi connectivity index (χ3v) is 2.72. The molecule has 19 heavy (non-hydrogen) atoms. The second-order valence-corrected chi connectivity index (χ2v) is 4.73. The van der Waals surface area contributed by atoms with Crippen molar-refractivity contribution in [3.8, 4) is 0 Å². The van der Waals surface area contributed by atoms with Crippen molar-refractivity contribution in [1.29, 1.82) is 0 Å². The molecule has 1 amide bonds. The lowest BCUT2D eigenvalue weighted by atomic mass is 10.2. The van der Waals surface area contributed by atoms with E-state index in [2.05, 4.69) is 26.4 Å². The third-order valence-electron chi connectivity index (χ3n) is 2.26. The van der Waals surface area contributed by atoms with Crippen molar-refractivity contribution in [3.05, 3.63) is 45.8 Å². The standard InChI is InChI=1S/C12H9BrN2O4/c1-6-2-10(15-19-6)11(16)14-9-4-7(12(17)18)3-8(13)5-9/h2-5H,1H3,(H,14,16)(H,17,18). The number of rotatable bonds is 3. The highest BCUT2D eigenvalue weighted by molar-refractivity contribution is 9.10. The van der Waals surface area contributed by atoms with E-state index < -0.39 is 11.9 Å². The zero-order chi connectivity index (χ0) is 14.0. The van der Waals surface area contributed by atoms with Crippen molar-refractivity contribution >= 4 is 33.5 Å². The second kappa shape index (κ2) is 5.23. The van der Waals surface area contributed by atoms with Gasteiger partial charge in [0.15, 0.2) is 5.69 Å². The number of nitrogens with zero attached hydrogens (tertiary/aromatic N) is 1. The van der Waals surface area contributed by atoms with Gasteiger partial charge in [0.2, 0.25) is 0 Å². The van der Waals surface area contributed by atoms with Gasteiger partial charge >= 0.3 is 5.97 Å². The van der Waals surface area contributed by atoms with Gasteiger partial charge in [-0.15, -0.1) is 0 Å². The highest BCUT2D eigenvalue weighted by Gasteiger charge is 2.13. The van der Waals surface area contributed by atoms with Crippen LogP contribution in [-0.2, 0) is 0 Å². The zero-order valence-corrected chi connectivity index (χ0v) is 11.4. The zero-order valence-electron chi connectivity index (χ0n) is 9.81. The maximum atomic E-state index is 11.8. The van der Waals surface area contributed by atoms with Crippen LogP contribution in [0.3, 0.4) is 0 Å². The summed E-state index contributed by atoms with van der Waals surface area (Å²) in [6.07, 6.45) is 0. The van der Waals surface area contributed by atoms with Gasteiger partial charge in [-0.1, -0.05) is 21.1 Å². The molecular formula is C12H9BrN2O4. The summed E-state index contributed by atoms with van der Waals surface area (Å²) in [4.78, 5) is 22.7. The Hall–Kier alpha value is -2.15. The number of benzene rings is 1. The van der Waals surface area contributed by atoms with Crippen LogP contribution in [0.25, 0.3) is 0 Å². The molecule has 0 atom stereocenters. The molecule has 2 N–H and O–H groups in total. The molecule has 2 aromatic rings. The molecule has 0 unspecified atom stereocenters. The maximum Gasteiger partial charge on any atom is 0.335 e. The molecule has 0 bridgehead atoms. The van der Waals surface area contributed by atoms with Gasteiger partial charge in [-0.3, -0.25) is 4.79 Å². The van der Waals surface area contributed by atoms with Crippen LogP contribution in [0.1, 0.15) is 26.6 Å². The first kappa shape index (κ1) is 13.3. The van der Waals surface area contributed by atoms with Crippen LogP contribution in [0.2, 0.25) is 0 Å². The van der Waals surface area contributed by atoms with Gasteiger partial charge in [0.1, 0.15) is 5.76 Å². The van der Waals surface area contributed by atoms with E-state index in [4.69, 9.17) is 9.63 Å². The highest BCUT2D eigenvalue weighted by Crippen LogP contribution is 2.20. The van der Waals surface area contributed by atoms with Crippen molar-refractivity contribution in [2.24, 2.45) is 0 Å².